The lowest BCUT2D eigenvalue weighted by atomic mass is 10.1. The van der Waals surface area contributed by atoms with E-state index in [1.54, 1.807) is 12.1 Å². The molecule has 0 amide bonds. The number of aromatic hydroxyl groups is 1. The van der Waals surface area contributed by atoms with Gasteiger partial charge in [0, 0.05) is 11.8 Å². The second-order valence-electron chi connectivity index (χ2n) is 3.58. The van der Waals surface area contributed by atoms with Crippen molar-refractivity contribution in [3.05, 3.63) is 29.8 Å². The molecule has 0 heterocycles. The molecule has 0 aliphatic heterocycles. The van der Waals surface area contributed by atoms with Gasteiger partial charge in [0.15, 0.2) is 0 Å². The molecule has 0 saturated carbocycles. The van der Waals surface area contributed by atoms with Crippen molar-refractivity contribution in [1.82, 2.24) is 5.32 Å². The van der Waals surface area contributed by atoms with Crippen LogP contribution in [0.5, 0.6) is 5.75 Å². The summed E-state index contributed by atoms with van der Waals surface area (Å²) in [6.45, 7) is 3.13. The Morgan fingerprint density at radius 2 is 2.00 bits per heavy atom. The van der Waals surface area contributed by atoms with E-state index in [1.165, 1.54) is 5.56 Å². The van der Waals surface area contributed by atoms with Crippen LogP contribution in [0, 0.1) is 0 Å². The third kappa shape index (κ3) is 4.58. The Hall–Kier alpha value is -0.670. The van der Waals surface area contributed by atoms with Gasteiger partial charge in [0.1, 0.15) is 5.75 Å². The molecule has 0 aliphatic carbocycles. The monoisotopic (exact) mass is 225 g/mol. The van der Waals surface area contributed by atoms with Gasteiger partial charge in [0.2, 0.25) is 0 Å². The zero-order chi connectivity index (χ0) is 11.1. The van der Waals surface area contributed by atoms with Gasteiger partial charge < -0.3 is 10.4 Å². The Morgan fingerprint density at radius 3 is 2.53 bits per heavy atom. The Kier molecular flexibility index (Phi) is 5.58. The number of hydrogen-bond acceptors (Lipinski definition) is 3. The summed E-state index contributed by atoms with van der Waals surface area (Å²) in [5, 5.41) is 12.6. The predicted octanol–water partition coefficient (Wildman–Crippen LogP) is 2.28. The molecule has 0 saturated heterocycles. The van der Waals surface area contributed by atoms with Crippen molar-refractivity contribution in [3.8, 4) is 5.75 Å². The van der Waals surface area contributed by atoms with Gasteiger partial charge in [-0.15, -0.1) is 0 Å². The molecular weight excluding hydrogens is 206 g/mol. The van der Waals surface area contributed by atoms with Gasteiger partial charge >= 0.3 is 0 Å². The van der Waals surface area contributed by atoms with E-state index in [-0.39, 0.29) is 0 Å². The highest BCUT2D eigenvalue weighted by molar-refractivity contribution is 7.98. The summed E-state index contributed by atoms with van der Waals surface area (Å²) in [6, 6.07) is 7.99. The smallest absolute Gasteiger partial charge is 0.115 e. The van der Waals surface area contributed by atoms with Crippen molar-refractivity contribution in [2.24, 2.45) is 0 Å². The van der Waals surface area contributed by atoms with Crippen LogP contribution in [0.3, 0.4) is 0 Å². The molecule has 0 aromatic heterocycles. The van der Waals surface area contributed by atoms with E-state index in [1.807, 2.05) is 23.9 Å². The fraction of sp³-hybridized carbons (Fsp3) is 0.500. The maximum atomic E-state index is 9.18. The first kappa shape index (κ1) is 12.4. The summed E-state index contributed by atoms with van der Waals surface area (Å²) in [6.07, 6.45) is 3.15. The lowest BCUT2D eigenvalue weighted by Gasteiger charge is -2.16. The van der Waals surface area contributed by atoms with Crippen molar-refractivity contribution in [2.75, 3.05) is 18.6 Å². The highest BCUT2D eigenvalue weighted by atomic mass is 32.2. The number of phenols is 1. The SMILES string of the molecule is CCNC(CSC)Cc1ccc(O)cc1. The number of phenolic OH excluding ortho intramolecular Hbond substituents is 1. The standard InChI is InChI=1S/C12H19NOS/c1-3-13-11(9-15-2)8-10-4-6-12(14)7-5-10/h4-7,11,13-14H,3,8-9H2,1-2H3. The van der Waals surface area contributed by atoms with Crippen LogP contribution >= 0.6 is 11.8 Å². The molecule has 0 radical (unpaired) electrons. The Bertz CT molecular complexity index is 267. The molecule has 15 heavy (non-hydrogen) atoms. The molecule has 1 aromatic rings. The summed E-state index contributed by atoms with van der Waals surface area (Å²) in [7, 11) is 0. The number of benzene rings is 1. The average Bonchev–Trinajstić information content (AvgIpc) is 2.22. The molecule has 0 spiro atoms. The minimum Gasteiger partial charge on any atom is -0.508 e. The van der Waals surface area contributed by atoms with E-state index in [0.717, 1.165) is 18.7 Å². The third-order valence-corrected chi connectivity index (χ3v) is 3.01. The van der Waals surface area contributed by atoms with Crippen LogP contribution in [0.1, 0.15) is 12.5 Å². The Labute approximate surface area is 96.1 Å². The first-order valence-electron chi connectivity index (χ1n) is 5.26. The molecule has 1 aromatic carbocycles. The molecule has 2 nitrogen and oxygen atoms in total. The van der Waals surface area contributed by atoms with Gasteiger partial charge in [-0.05, 0) is 36.9 Å². The number of rotatable bonds is 6. The average molecular weight is 225 g/mol. The van der Waals surface area contributed by atoms with Gasteiger partial charge in [-0.2, -0.15) is 11.8 Å². The summed E-state index contributed by atoms with van der Waals surface area (Å²) >= 11 is 1.86. The molecular formula is C12H19NOS. The Morgan fingerprint density at radius 1 is 1.33 bits per heavy atom. The highest BCUT2D eigenvalue weighted by Gasteiger charge is 2.07. The van der Waals surface area contributed by atoms with Crippen LogP contribution in [0.4, 0.5) is 0 Å². The van der Waals surface area contributed by atoms with E-state index < -0.39 is 0 Å². The fourth-order valence-electron chi connectivity index (χ4n) is 1.60. The van der Waals surface area contributed by atoms with Crippen LogP contribution < -0.4 is 5.32 Å². The first-order valence-corrected chi connectivity index (χ1v) is 6.66. The van der Waals surface area contributed by atoms with E-state index in [9.17, 15) is 5.11 Å². The van der Waals surface area contributed by atoms with Crippen molar-refractivity contribution < 1.29 is 5.11 Å². The number of nitrogens with one attached hydrogen (secondary N) is 1. The van der Waals surface area contributed by atoms with Crippen LogP contribution in [0.25, 0.3) is 0 Å². The van der Waals surface area contributed by atoms with E-state index in [0.29, 0.717) is 11.8 Å². The highest BCUT2D eigenvalue weighted by Crippen LogP contribution is 2.12. The van der Waals surface area contributed by atoms with Crippen molar-refractivity contribution >= 4 is 11.8 Å². The predicted molar refractivity (Wildman–Crippen MR) is 67.7 cm³/mol. The van der Waals surface area contributed by atoms with Crippen molar-refractivity contribution in [3.63, 3.8) is 0 Å². The second kappa shape index (κ2) is 6.75. The maximum Gasteiger partial charge on any atom is 0.115 e. The number of thioether (sulfide) groups is 1. The van der Waals surface area contributed by atoms with Crippen LogP contribution in [-0.4, -0.2) is 29.7 Å². The van der Waals surface area contributed by atoms with E-state index in [4.69, 9.17) is 0 Å². The molecule has 3 heteroatoms. The van der Waals surface area contributed by atoms with Crippen molar-refractivity contribution in [2.45, 2.75) is 19.4 Å². The topological polar surface area (TPSA) is 32.3 Å². The molecule has 0 aliphatic rings. The van der Waals surface area contributed by atoms with Gasteiger partial charge in [-0.1, -0.05) is 19.1 Å². The lowest BCUT2D eigenvalue weighted by Crippen LogP contribution is -2.33. The summed E-state index contributed by atoms with van der Waals surface area (Å²) in [5.74, 6) is 1.46. The molecule has 1 atom stereocenters. The first-order chi connectivity index (χ1) is 7.26. The van der Waals surface area contributed by atoms with E-state index >= 15 is 0 Å². The van der Waals surface area contributed by atoms with Gasteiger partial charge in [-0.25, -0.2) is 0 Å². The number of likely N-dealkylation sites (N-methyl/N-ethyl adjacent to an activating group) is 1. The Balaban J connectivity index is 2.53. The molecule has 0 bridgehead atoms. The van der Waals surface area contributed by atoms with Crippen molar-refractivity contribution in [1.29, 1.82) is 0 Å². The van der Waals surface area contributed by atoms with Crippen LogP contribution in [0.15, 0.2) is 24.3 Å². The molecule has 2 N–H and O–H groups in total. The normalized spacial score (nSPS) is 12.7. The minimum atomic E-state index is 0.337. The third-order valence-electron chi connectivity index (χ3n) is 2.28. The van der Waals surface area contributed by atoms with Gasteiger partial charge in [0.05, 0.1) is 0 Å². The fourth-order valence-corrected chi connectivity index (χ4v) is 2.23. The molecule has 1 unspecified atom stereocenters. The maximum absolute atomic E-state index is 9.18. The largest absolute Gasteiger partial charge is 0.508 e. The van der Waals surface area contributed by atoms with Gasteiger partial charge in [-0.3, -0.25) is 0 Å². The molecule has 0 fully saturated rings. The van der Waals surface area contributed by atoms with Crippen LogP contribution in [-0.2, 0) is 6.42 Å². The zero-order valence-electron chi connectivity index (χ0n) is 9.36. The number of hydrogen-bond donors (Lipinski definition) is 2. The van der Waals surface area contributed by atoms with Gasteiger partial charge in [0.25, 0.3) is 0 Å². The zero-order valence-corrected chi connectivity index (χ0v) is 10.2. The minimum absolute atomic E-state index is 0.337. The van der Waals surface area contributed by atoms with Crippen LogP contribution in [0.2, 0.25) is 0 Å². The second-order valence-corrected chi connectivity index (χ2v) is 4.49. The lowest BCUT2D eigenvalue weighted by molar-refractivity contribution is 0.474. The summed E-state index contributed by atoms with van der Waals surface area (Å²) in [4.78, 5) is 0. The van der Waals surface area contributed by atoms with E-state index in [2.05, 4.69) is 18.5 Å². The quantitative estimate of drug-likeness (QED) is 0.779. The summed E-state index contributed by atoms with van der Waals surface area (Å²) < 4.78 is 0. The molecule has 1 rings (SSSR count). The summed E-state index contributed by atoms with van der Waals surface area (Å²) in [5.41, 5.74) is 1.27. The molecule has 84 valence electrons.